The second-order valence-corrected chi connectivity index (χ2v) is 6.60. The molecule has 9 heteroatoms. The van der Waals surface area contributed by atoms with Crippen LogP contribution >= 0.6 is 0 Å². The van der Waals surface area contributed by atoms with Gasteiger partial charge in [-0.15, -0.1) is 0 Å². The van der Waals surface area contributed by atoms with Gasteiger partial charge < -0.3 is 20.4 Å². The Morgan fingerprint density at radius 2 is 1.97 bits per heavy atom. The highest BCUT2D eigenvalue weighted by Gasteiger charge is 2.13. The number of hydrogen-bond donors (Lipinski definition) is 3. The first kappa shape index (κ1) is 19.2. The highest BCUT2D eigenvalue weighted by Crippen LogP contribution is 2.32. The van der Waals surface area contributed by atoms with Crippen LogP contribution in [0.2, 0.25) is 0 Å². The van der Waals surface area contributed by atoms with Gasteiger partial charge in [-0.2, -0.15) is 5.10 Å². The Balaban J connectivity index is 1.42. The number of aryl methyl sites for hydroxylation is 1. The summed E-state index contributed by atoms with van der Waals surface area (Å²) in [6.07, 6.45) is 5.12. The molecule has 0 saturated carbocycles. The van der Waals surface area contributed by atoms with Crippen LogP contribution in [0.1, 0.15) is 10.5 Å². The molecule has 0 aliphatic heterocycles. The van der Waals surface area contributed by atoms with Crippen LogP contribution in [0.3, 0.4) is 0 Å². The van der Waals surface area contributed by atoms with Gasteiger partial charge in [-0.3, -0.25) is 14.3 Å². The van der Waals surface area contributed by atoms with Crippen molar-refractivity contribution in [3.05, 3.63) is 60.7 Å². The zero-order valence-corrected chi connectivity index (χ0v) is 16.5. The van der Waals surface area contributed by atoms with Crippen LogP contribution in [0.15, 0.2) is 55.0 Å². The Hall–Kier alpha value is -4.14. The Kier molecular flexibility index (Phi) is 5.17. The maximum Gasteiger partial charge on any atom is 0.269 e. The average Bonchev–Trinajstić information content (AvgIpc) is 3.41. The molecule has 1 aromatic carbocycles. The van der Waals surface area contributed by atoms with Crippen LogP contribution in [-0.2, 0) is 11.8 Å². The van der Waals surface area contributed by atoms with Crippen LogP contribution in [0, 0.1) is 0 Å². The third kappa shape index (κ3) is 3.72. The molecule has 0 saturated heterocycles. The van der Waals surface area contributed by atoms with E-state index < -0.39 is 0 Å². The van der Waals surface area contributed by atoms with Crippen molar-refractivity contribution in [3.8, 4) is 17.0 Å². The number of fused-ring (bicyclic) bond motifs is 1. The summed E-state index contributed by atoms with van der Waals surface area (Å²) in [5.41, 5.74) is 3.75. The number of anilines is 1. The summed E-state index contributed by atoms with van der Waals surface area (Å²) in [7, 11) is 3.25. The topological polar surface area (TPSA) is 114 Å². The van der Waals surface area contributed by atoms with Gasteiger partial charge in [0.05, 0.1) is 13.7 Å². The molecule has 4 rings (SSSR count). The van der Waals surface area contributed by atoms with Gasteiger partial charge >= 0.3 is 0 Å². The first-order chi connectivity index (χ1) is 14.6. The second kappa shape index (κ2) is 8.08. The van der Waals surface area contributed by atoms with E-state index in [1.165, 1.54) is 10.9 Å². The van der Waals surface area contributed by atoms with E-state index in [9.17, 15) is 9.59 Å². The van der Waals surface area contributed by atoms with Gasteiger partial charge in [-0.25, -0.2) is 4.98 Å². The van der Waals surface area contributed by atoms with E-state index in [0.717, 1.165) is 22.0 Å². The van der Waals surface area contributed by atoms with Crippen molar-refractivity contribution in [1.29, 1.82) is 0 Å². The third-order valence-corrected chi connectivity index (χ3v) is 4.70. The van der Waals surface area contributed by atoms with Gasteiger partial charge in [-0.05, 0) is 29.8 Å². The summed E-state index contributed by atoms with van der Waals surface area (Å²) in [5.74, 6) is -0.142. The number of amides is 2. The molecule has 0 unspecified atom stereocenters. The number of H-pyrrole nitrogens is 1. The van der Waals surface area contributed by atoms with Crippen LogP contribution < -0.4 is 15.4 Å². The smallest absolute Gasteiger partial charge is 0.269 e. The lowest BCUT2D eigenvalue weighted by Gasteiger charge is -2.09. The van der Waals surface area contributed by atoms with Gasteiger partial charge in [0.25, 0.3) is 5.91 Å². The number of aromatic nitrogens is 4. The fourth-order valence-electron chi connectivity index (χ4n) is 3.20. The molecule has 0 aliphatic rings. The Labute approximate surface area is 172 Å². The number of aromatic amines is 1. The van der Waals surface area contributed by atoms with Gasteiger partial charge in [0.1, 0.15) is 11.2 Å². The summed E-state index contributed by atoms with van der Waals surface area (Å²) in [5, 5.41) is 10.3. The van der Waals surface area contributed by atoms with Gasteiger partial charge in [0.15, 0.2) is 0 Å². The first-order valence-electron chi connectivity index (χ1n) is 9.23. The van der Waals surface area contributed by atoms with Gasteiger partial charge in [0.2, 0.25) is 11.8 Å². The minimum Gasteiger partial charge on any atom is -0.479 e. The summed E-state index contributed by atoms with van der Waals surface area (Å²) < 4.78 is 6.73. The minimum atomic E-state index is -0.358. The monoisotopic (exact) mass is 404 g/mol. The Morgan fingerprint density at radius 1 is 1.17 bits per heavy atom. The minimum absolute atomic E-state index is 0.141. The number of nitrogens with zero attached hydrogens (tertiary/aromatic N) is 3. The van der Waals surface area contributed by atoms with E-state index in [-0.39, 0.29) is 18.4 Å². The molecule has 2 amide bonds. The molecule has 0 radical (unpaired) electrons. The molecule has 9 nitrogen and oxygen atoms in total. The van der Waals surface area contributed by atoms with E-state index in [1.807, 2.05) is 24.4 Å². The predicted octanol–water partition coefficient (Wildman–Crippen LogP) is 2.34. The van der Waals surface area contributed by atoms with E-state index in [2.05, 4.69) is 25.7 Å². The van der Waals surface area contributed by atoms with Crippen molar-refractivity contribution in [3.63, 3.8) is 0 Å². The lowest BCUT2D eigenvalue weighted by Crippen LogP contribution is -2.33. The molecule has 3 heterocycles. The zero-order chi connectivity index (χ0) is 21.1. The molecule has 152 valence electrons. The fraction of sp³-hybridized carbons (Fsp3) is 0.143. The van der Waals surface area contributed by atoms with Crippen molar-refractivity contribution in [2.75, 3.05) is 19.0 Å². The third-order valence-electron chi connectivity index (χ3n) is 4.70. The molecule has 0 spiro atoms. The van der Waals surface area contributed by atoms with Crippen molar-refractivity contribution >= 4 is 28.4 Å². The van der Waals surface area contributed by atoms with E-state index in [0.29, 0.717) is 17.3 Å². The van der Waals surface area contributed by atoms with Crippen molar-refractivity contribution in [1.82, 2.24) is 25.1 Å². The van der Waals surface area contributed by atoms with E-state index >= 15 is 0 Å². The van der Waals surface area contributed by atoms with Gasteiger partial charge in [0, 0.05) is 42.3 Å². The SMILES string of the molecule is COc1ncc(-c2ccc(NC(=O)CNC(=O)c3ccnn3C)cc2)c2cc[nH]c12. The number of benzene rings is 1. The summed E-state index contributed by atoms with van der Waals surface area (Å²) in [4.78, 5) is 31.7. The molecule has 30 heavy (non-hydrogen) atoms. The largest absolute Gasteiger partial charge is 0.479 e. The zero-order valence-electron chi connectivity index (χ0n) is 16.5. The lowest BCUT2D eigenvalue weighted by molar-refractivity contribution is -0.115. The molecule has 3 aromatic heterocycles. The highest BCUT2D eigenvalue weighted by atomic mass is 16.5. The summed E-state index contributed by atoms with van der Waals surface area (Å²) in [6, 6.07) is 11.0. The maximum absolute atomic E-state index is 12.2. The molecule has 0 bridgehead atoms. The number of methoxy groups -OCH3 is 1. The number of ether oxygens (including phenoxy) is 1. The predicted molar refractivity (Wildman–Crippen MR) is 112 cm³/mol. The fourth-order valence-corrected chi connectivity index (χ4v) is 3.20. The van der Waals surface area contributed by atoms with Crippen molar-refractivity contribution in [2.24, 2.45) is 7.05 Å². The normalized spacial score (nSPS) is 10.7. The maximum atomic E-state index is 12.2. The highest BCUT2D eigenvalue weighted by molar-refractivity contribution is 5.99. The number of carbonyl (C=O) groups is 2. The standard InChI is InChI=1S/C21H20N6O3/c1-27-17(8-10-25-27)20(29)23-12-18(28)26-14-5-3-13(4-6-14)16-11-24-21(30-2)19-15(16)7-9-22-19/h3-11,22H,12H2,1-2H3,(H,23,29)(H,26,28). The number of carbonyl (C=O) groups excluding carboxylic acids is 2. The molecular weight excluding hydrogens is 384 g/mol. The summed E-state index contributed by atoms with van der Waals surface area (Å²) in [6.45, 7) is -0.141. The quantitative estimate of drug-likeness (QED) is 0.456. The molecule has 0 aliphatic carbocycles. The number of pyridine rings is 1. The van der Waals surface area contributed by atoms with Crippen molar-refractivity contribution < 1.29 is 14.3 Å². The molecule has 0 fully saturated rings. The number of nitrogens with one attached hydrogen (secondary N) is 3. The van der Waals surface area contributed by atoms with Crippen LogP contribution in [0.25, 0.3) is 22.0 Å². The molecule has 0 atom stereocenters. The molecule has 3 N–H and O–H groups in total. The van der Waals surface area contributed by atoms with Crippen LogP contribution in [0.5, 0.6) is 5.88 Å². The first-order valence-corrected chi connectivity index (χ1v) is 9.23. The van der Waals surface area contributed by atoms with Gasteiger partial charge in [-0.1, -0.05) is 12.1 Å². The average molecular weight is 404 g/mol. The summed E-state index contributed by atoms with van der Waals surface area (Å²) >= 11 is 0. The number of hydrogen-bond acceptors (Lipinski definition) is 5. The van der Waals surface area contributed by atoms with E-state index in [1.54, 1.807) is 38.6 Å². The lowest BCUT2D eigenvalue weighted by atomic mass is 10.0. The Morgan fingerprint density at radius 3 is 2.67 bits per heavy atom. The Bertz CT molecular complexity index is 1210. The van der Waals surface area contributed by atoms with Crippen LogP contribution in [-0.4, -0.2) is 45.2 Å². The van der Waals surface area contributed by atoms with Crippen LogP contribution in [0.4, 0.5) is 5.69 Å². The second-order valence-electron chi connectivity index (χ2n) is 6.60. The van der Waals surface area contributed by atoms with E-state index in [4.69, 9.17) is 4.74 Å². The molecular formula is C21H20N6O3. The van der Waals surface area contributed by atoms with Crippen molar-refractivity contribution in [2.45, 2.75) is 0 Å². The number of rotatable bonds is 6. The molecule has 4 aromatic rings.